The summed E-state index contributed by atoms with van der Waals surface area (Å²) in [4.78, 5) is 0. The molecule has 0 amide bonds. The second-order valence-corrected chi connectivity index (χ2v) is 5.72. The van der Waals surface area contributed by atoms with Crippen LogP contribution >= 0.6 is 0 Å². The van der Waals surface area contributed by atoms with Gasteiger partial charge in [0.15, 0.2) is 0 Å². The van der Waals surface area contributed by atoms with Crippen LogP contribution in [0.15, 0.2) is 0 Å². The first-order valence-electron chi connectivity index (χ1n) is 5.59. The maximum atomic E-state index is 9.47. The van der Waals surface area contributed by atoms with Crippen molar-refractivity contribution in [2.45, 2.75) is 59.5 Å². The van der Waals surface area contributed by atoms with Gasteiger partial charge in [0.25, 0.3) is 0 Å². The Morgan fingerprint density at radius 1 is 1.08 bits per heavy atom. The van der Waals surface area contributed by atoms with Crippen molar-refractivity contribution < 1.29 is 5.11 Å². The lowest BCUT2D eigenvalue weighted by Crippen LogP contribution is -2.29. The Kier molecular flexibility index (Phi) is 3.39. The molecule has 1 heteroatoms. The molecule has 0 heterocycles. The van der Waals surface area contributed by atoms with Gasteiger partial charge in [0.05, 0.1) is 6.10 Å². The molecular formula is C12H24O. The van der Waals surface area contributed by atoms with Gasteiger partial charge in [-0.3, -0.25) is 0 Å². The fourth-order valence-electron chi connectivity index (χ4n) is 2.47. The Labute approximate surface area is 82.5 Å². The van der Waals surface area contributed by atoms with E-state index in [0.29, 0.717) is 11.3 Å². The standard InChI is InChI=1S/C12H24O/c1-9(13)10-5-7-11(8-6-10)12(2,3)4/h9-11,13H,5-8H2,1-4H3/t9-,10?,11?/m1/s1. The van der Waals surface area contributed by atoms with Gasteiger partial charge in [0.2, 0.25) is 0 Å². The lowest BCUT2D eigenvalue weighted by atomic mass is 9.69. The van der Waals surface area contributed by atoms with Gasteiger partial charge < -0.3 is 5.11 Å². The molecule has 0 bridgehead atoms. The van der Waals surface area contributed by atoms with Crippen LogP contribution < -0.4 is 0 Å². The quantitative estimate of drug-likeness (QED) is 0.663. The SMILES string of the molecule is C[C@@H](O)C1CCC(C(C)(C)C)CC1. The smallest absolute Gasteiger partial charge is 0.0540 e. The van der Waals surface area contributed by atoms with Gasteiger partial charge in [0, 0.05) is 0 Å². The minimum Gasteiger partial charge on any atom is -0.393 e. The Bertz CT molecular complexity index is 147. The van der Waals surface area contributed by atoms with E-state index in [-0.39, 0.29) is 6.10 Å². The molecule has 0 radical (unpaired) electrons. The molecule has 1 atom stereocenters. The van der Waals surface area contributed by atoms with E-state index in [1.165, 1.54) is 25.7 Å². The van der Waals surface area contributed by atoms with Crippen LogP contribution in [-0.2, 0) is 0 Å². The zero-order valence-electron chi connectivity index (χ0n) is 9.51. The molecule has 13 heavy (non-hydrogen) atoms. The lowest BCUT2D eigenvalue weighted by Gasteiger charge is -2.37. The Balaban J connectivity index is 2.39. The van der Waals surface area contributed by atoms with Crippen LogP contribution in [0.4, 0.5) is 0 Å². The number of rotatable bonds is 1. The average molecular weight is 184 g/mol. The van der Waals surface area contributed by atoms with Gasteiger partial charge in [-0.2, -0.15) is 0 Å². The molecule has 1 aliphatic carbocycles. The van der Waals surface area contributed by atoms with E-state index in [1.54, 1.807) is 0 Å². The summed E-state index contributed by atoms with van der Waals surface area (Å²) in [5, 5.41) is 9.47. The lowest BCUT2D eigenvalue weighted by molar-refractivity contribution is 0.0647. The minimum absolute atomic E-state index is 0.0964. The fourth-order valence-corrected chi connectivity index (χ4v) is 2.47. The summed E-state index contributed by atoms with van der Waals surface area (Å²) in [6, 6.07) is 0. The largest absolute Gasteiger partial charge is 0.393 e. The van der Waals surface area contributed by atoms with Crippen molar-refractivity contribution in [2.75, 3.05) is 0 Å². The van der Waals surface area contributed by atoms with E-state index in [4.69, 9.17) is 0 Å². The van der Waals surface area contributed by atoms with E-state index in [9.17, 15) is 5.11 Å². The highest BCUT2D eigenvalue weighted by Gasteiger charge is 2.30. The molecule has 0 spiro atoms. The van der Waals surface area contributed by atoms with E-state index in [2.05, 4.69) is 20.8 Å². The summed E-state index contributed by atoms with van der Waals surface area (Å²) in [7, 11) is 0. The summed E-state index contributed by atoms with van der Waals surface area (Å²) in [6.45, 7) is 8.93. The highest BCUT2D eigenvalue weighted by atomic mass is 16.3. The first-order valence-corrected chi connectivity index (χ1v) is 5.59. The molecule has 1 fully saturated rings. The monoisotopic (exact) mass is 184 g/mol. The number of aliphatic hydroxyl groups excluding tert-OH is 1. The molecule has 0 aromatic carbocycles. The summed E-state index contributed by atoms with van der Waals surface area (Å²) in [6.07, 6.45) is 4.96. The van der Waals surface area contributed by atoms with Gasteiger partial charge >= 0.3 is 0 Å². The normalized spacial score (nSPS) is 33.0. The van der Waals surface area contributed by atoms with Gasteiger partial charge in [0.1, 0.15) is 0 Å². The Morgan fingerprint density at radius 2 is 1.54 bits per heavy atom. The summed E-state index contributed by atoms with van der Waals surface area (Å²) in [5.41, 5.74) is 0.462. The van der Waals surface area contributed by atoms with Crippen LogP contribution in [0.3, 0.4) is 0 Å². The van der Waals surface area contributed by atoms with Crippen molar-refractivity contribution in [1.82, 2.24) is 0 Å². The second-order valence-electron chi connectivity index (χ2n) is 5.72. The van der Waals surface area contributed by atoms with Crippen LogP contribution in [0, 0.1) is 17.3 Å². The molecule has 78 valence electrons. The molecule has 0 aromatic heterocycles. The molecule has 1 N–H and O–H groups in total. The van der Waals surface area contributed by atoms with Crippen molar-refractivity contribution in [3.63, 3.8) is 0 Å². The summed E-state index contributed by atoms with van der Waals surface area (Å²) in [5.74, 6) is 1.43. The van der Waals surface area contributed by atoms with Crippen molar-refractivity contribution in [3.05, 3.63) is 0 Å². The van der Waals surface area contributed by atoms with Crippen LogP contribution in [0.2, 0.25) is 0 Å². The molecule has 0 unspecified atom stereocenters. The minimum atomic E-state index is -0.0964. The van der Waals surface area contributed by atoms with E-state index < -0.39 is 0 Å². The first-order chi connectivity index (χ1) is 5.91. The van der Waals surface area contributed by atoms with Gasteiger partial charge in [-0.25, -0.2) is 0 Å². The summed E-state index contributed by atoms with van der Waals surface area (Å²) >= 11 is 0. The molecule has 0 aromatic rings. The van der Waals surface area contributed by atoms with Gasteiger partial charge in [-0.1, -0.05) is 20.8 Å². The molecule has 0 saturated heterocycles. The van der Waals surface area contributed by atoms with E-state index in [1.807, 2.05) is 6.92 Å². The van der Waals surface area contributed by atoms with Crippen LogP contribution in [-0.4, -0.2) is 11.2 Å². The Hall–Kier alpha value is -0.0400. The highest BCUT2D eigenvalue weighted by molar-refractivity contribution is 4.81. The van der Waals surface area contributed by atoms with Crippen LogP contribution in [0.5, 0.6) is 0 Å². The zero-order valence-corrected chi connectivity index (χ0v) is 9.51. The number of hydrogen-bond donors (Lipinski definition) is 1. The van der Waals surface area contributed by atoms with Crippen molar-refractivity contribution >= 4 is 0 Å². The average Bonchev–Trinajstić information content (AvgIpc) is 2.03. The third-order valence-corrected chi connectivity index (χ3v) is 3.68. The Morgan fingerprint density at radius 3 is 1.85 bits per heavy atom. The number of aliphatic hydroxyl groups is 1. The second kappa shape index (κ2) is 4.00. The maximum Gasteiger partial charge on any atom is 0.0540 e. The van der Waals surface area contributed by atoms with Crippen LogP contribution in [0.25, 0.3) is 0 Å². The topological polar surface area (TPSA) is 20.2 Å². The summed E-state index contributed by atoms with van der Waals surface area (Å²) < 4.78 is 0. The molecule has 1 saturated carbocycles. The number of hydrogen-bond acceptors (Lipinski definition) is 1. The third-order valence-electron chi connectivity index (χ3n) is 3.68. The molecule has 1 rings (SSSR count). The third kappa shape index (κ3) is 2.98. The molecular weight excluding hydrogens is 160 g/mol. The predicted octanol–water partition coefficient (Wildman–Crippen LogP) is 3.22. The van der Waals surface area contributed by atoms with Gasteiger partial charge in [-0.05, 0) is 49.9 Å². The van der Waals surface area contributed by atoms with Crippen molar-refractivity contribution in [3.8, 4) is 0 Å². The van der Waals surface area contributed by atoms with Crippen molar-refractivity contribution in [1.29, 1.82) is 0 Å². The zero-order chi connectivity index (χ0) is 10.1. The van der Waals surface area contributed by atoms with E-state index in [0.717, 1.165) is 5.92 Å². The first kappa shape index (κ1) is 11.0. The van der Waals surface area contributed by atoms with Gasteiger partial charge in [-0.15, -0.1) is 0 Å². The van der Waals surface area contributed by atoms with Crippen molar-refractivity contribution in [2.24, 2.45) is 17.3 Å². The maximum absolute atomic E-state index is 9.47. The molecule has 0 aliphatic heterocycles. The molecule has 1 nitrogen and oxygen atoms in total. The molecule has 1 aliphatic rings. The predicted molar refractivity (Wildman–Crippen MR) is 56.6 cm³/mol. The van der Waals surface area contributed by atoms with Crippen LogP contribution in [0.1, 0.15) is 53.4 Å². The fraction of sp³-hybridized carbons (Fsp3) is 1.00. The highest BCUT2D eigenvalue weighted by Crippen LogP contribution is 2.40. The van der Waals surface area contributed by atoms with E-state index >= 15 is 0 Å².